The van der Waals surface area contributed by atoms with E-state index >= 15 is 0 Å². The number of ether oxygens (including phenoxy) is 1. The van der Waals surface area contributed by atoms with Crippen LogP contribution < -0.4 is 4.74 Å². The van der Waals surface area contributed by atoms with Gasteiger partial charge < -0.3 is 14.4 Å². The van der Waals surface area contributed by atoms with E-state index in [2.05, 4.69) is 4.57 Å². The number of carboxylic acid groups (broad SMARTS) is 1. The van der Waals surface area contributed by atoms with Crippen LogP contribution in [0.4, 0.5) is 0 Å². The number of benzene rings is 3. The number of rotatable bonds is 6. The van der Waals surface area contributed by atoms with E-state index in [-0.39, 0.29) is 5.56 Å². The molecule has 5 nitrogen and oxygen atoms in total. The Morgan fingerprint density at radius 1 is 1.13 bits per heavy atom. The third kappa shape index (κ3) is 3.76. The van der Waals surface area contributed by atoms with E-state index in [0.29, 0.717) is 18.0 Å². The summed E-state index contributed by atoms with van der Waals surface area (Å²) < 4.78 is 7.62. The summed E-state index contributed by atoms with van der Waals surface area (Å²) in [5.74, 6) is 0.548. The number of halogens is 1. The molecule has 3 aromatic carbocycles. The number of imidazole rings is 1. The van der Waals surface area contributed by atoms with Crippen LogP contribution in [0.3, 0.4) is 0 Å². The van der Waals surface area contributed by atoms with Crippen LogP contribution in [0.15, 0.2) is 60.7 Å². The zero-order valence-corrected chi connectivity index (χ0v) is 17.5. The van der Waals surface area contributed by atoms with Gasteiger partial charge in [-0.15, -0.1) is 0 Å². The first-order chi connectivity index (χ1) is 14.5. The van der Waals surface area contributed by atoms with E-state index in [4.69, 9.17) is 21.3 Å². The molecule has 0 aliphatic rings. The van der Waals surface area contributed by atoms with Crippen LogP contribution >= 0.6 is 11.6 Å². The number of carboxylic acids is 1. The van der Waals surface area contributed by atoms with Crippen LogP contribution in [0.5, 0.6) is 5.75 Å². The summed E-state index contributed by atoms with van der Waals surface area (Å²) in [6, 6.07) is 18.7. The molecule has 152 valence electrons. The van der Waals surface area contributed by atoms with Gasteiger partial charge in [-0.25, -0.2) is 9.78 Å². The molecule has 30 heavy (non-hydrogen) atoms. The Kier molecular flexibility index (Phi) is 5.46. The fraction of sp³-hybridized carbons (Fsp3) is 0.167. The molecule has 0 amide bonds. The fourth-order valence-corrected chi connectivity index (χ4v) is 3.82. The molecule has 0 unspecified atom stereocenters. The number of carbonyl (C=O) groups is 1. The normalized spacial score (nSPS) is 11.0. The summed E-state index contributed by atoms with van der Waals surface area (Å²) in [4.78, 5) is 16.3. The Morgan fingerprint density at radius 3 is 2.70 bits per heavy atom. The highest BCUT2D eigenvalue weighted by atomic mass is 35.5. The van der Waals surface area contributed by atoms with Crippen molar-refractivity contribution in [1.82, 2.24) is 9.55 Å². The number of para-hydroxylation sites is 2. The first-order valence-electron chi connectivity index (χ1n) is 9.60. The second-order valence-corrected chi connectivity index (χ2v) is 7.55. The molecule has 1 heterocycles. The zero-order chi connectivity index (χ0) is 21.3. The summed E-state index contributed by atoms with van der Waals surface area (Å²) in [6.45, 7) is 2.62. The number of aryl methyl sites for hydroxylation is 3. The second kappa shape index (κ2) is 8.20. The van der Waals surface area contributed by atoms with Gasteiger partial charge in [0.15, 0.2) is 0 Å². The number of aromatic carboxylic acids is 1. The topological polar surface area (TPSA) is 64.3 Å². The highest BCUT2D eigenvalue weighted by molar-refractivity contribution is 6.30. The molecule has 0 saturated heterocycles. The zero-order valence-electron chi connectivity index (χ0n) is 16.7. The maximum atomic E-state index is 11.5. The molecule has 1 N–H and O–H groups in total. The molecule has 0 aliphatic carbocycles. The van der Waals surface area contributed by atoms with Gasteiger partial charge in [0.25, 0.3) is 0 Å². The van der Waals surface area contributed by atoms with Gasteiger partial charge in [-0.3, -0.25) is 0 Å². The molecule has 4 rings (SSSR count). The van der Waals surface area contributed by atoms with E-state index in [9.17, 15) is 9.90 Å². The number of hydrogen-bond acceptors (Lipinski definition) is 3. The smallest absolute Gasteiger partial charge is 0.335 e. The van der Waals surface area contributed by atoms with Crippen molar-refractivity contribution in [2.24, 2.45) is 0 Å². The Hall–Kier alpha value is -3.31. The van der Waals surface area contributed by atoms with Crippen molar-refractivity contribution in [2.45, 2.75) is 19.9 Å². The molecule has 0 atom stereocenters. The van der Waals surface area contributed by atoms with Gasteiger partial charge >= 0.3 is 5.97 Å². The molecule has 4 aromatic rings. The van der Waals surface area contributed by atoms with Crippen molar-refractivity contribution in [2.75, 3.05) is 7.11 Å². The monoisotopic (exact) mass is 420 g/mol. The van der Waals surface area contributed by atoms with Crippen molar-refractivity contribution in [3.8, 4) is 17.1 Å². The molecule has 0 radical (unpaired) electrons. The minimum Gasteiger partial charge on any atom is -0.496 e. The van der Waals surface area contributed by atoms with Crippen LogP contribution in [-0.4, -0.2) is 27.7 Å². The average Bonchev–Trinajstić information content (AvgIpc) is 3.11. The van der Waals surface area contributed by atoms with Crippen molar-refractivity contribution in [3.63, 3.8) is 0 Å². The largest absolute Gasteiger partial charge is 0.496 e. The van der Waals surface area contributed by atoms with E-state index in [0.717, 1.165) is 39.3 Å². The van der Waals surface area contributed by atoms with Crippen LogP contribution in [0.1, 0.15) is 21.5 Å². The van der Waals surface area contributed by atoms with Gasteiger partial charge in [0.1, 0.15) is 11.6 Å². The minimum absolute atomic E-state index is 0.244. The molecular formula is C24H21ClN2O3. The maximum absolute atomic E-state index is 11.5. The number of nitrogens with zero attached hydrogens (tertiary/aromatic N) is 2. The lowest BCUT2D eigenvalue weighted by Gasteiger charge is -2.14. The molecular weight excluding hydrogens is 400 g/mol. The first kappa shape index (κ1) is 20.0. The third-order valence-electron chi connectivity index (χ3n) is 5.23. The van der Waals surface area contributed by atoms with Gasteiger partial charge in [0, 0.05) is 17.1 Å². The van der Waals surface area contributed by atoms with E-state index < -0.39 is 5.97 Å². The molecule has 0 saturated carbocycles. The van der Waals surface area contributed by atoms with Crippen molar-refractivity contribution < 1.29 is 14.6 Å². The lowest BCUT2D eigenvalue weighted by molar-refractivity contribution is 0.0697. The van der Waals surface area contributed by atoms with Crippen molar-refractivity contribution >= 4 is 28.6 Å². The summed E-state index contributed by atoms with van der Waals surface area (Å²) >= 11 is 6.09. The van der Waals surface area contributed by atoms with E-state index in [1.807, 2.05) is 55.5 Å². The molecule has 0 spiro atoms. The van der Waals surface area contributed by atoms with E-state index in [1.165, 1.54) is 0 Å². The van der Waals surface area contributed by atoms with Crippen LogP contribution in [-0.2, 0) is 13.0 Å². The SMILES string of the molecule is COc1cc(Cl)ccc1CCn1c(-c2cc(C(=O)O)ccc2C)nc2ccccc21. The Labute approximate surface area is 179 Å². The average molecular weight is 421 g/mol. The molecule has 1 aromatic heterocycles. The summed E-state index contributed by atoms with van der Waals surface area (Å²) in [5, 5.41) is 10.1. The van der Waals surface area contributed by atoms with Gasteiger partial charge in [-0.05, 0) is 60.9 Å². The standard InChI is InChI=1S/C24H21ClN2O3/c1-15-7-8-17(24(28)29)13-19(15)23-26-20-5-3-4-6-21(20)27(23)12-11-16-9-10-18(25)14-22(16)30-2/h3-10,13-14H,11-12H2,1-2H3,(H,28,29). The predicted molar refractivity (Wildman–Crippen MR) is 119 cm³/mol. The van der Waals surface area contributed by atoms with Crippen LogP contribution in [0, 0.1) is 6.92 Å². The quantitative estimate of drug-likeness (QED) is 0.440. The van der Waals surface area contributed by atoms with Crippen LogP contribution in [0.25, 0.3) is 22.4 Å². The number of hydrogen-bond donors (Lipinski definition) is 1. The van der Waals surface area contributed by atoms with E-state index in [1.54, 1.807) is 19.2 Å². The molecule has 6 heteroatoms. The van der Waals surface area contributed by atoms with Gasteiger partial charge in [-0.1, -0.05) is 35.9 Å². The Morgan fingerprint density at radius 2 is 1.93 bits per heavy atom. The third-order valence-corrected chi connectivity index (χ3v) is 5.47. The summed E-state index contributed by atoms with van der Waals surface area (Å²) in [5.41, 5.74) is 4.95. The number of methoxy groups -OCH3 is 1. The van der Waals surface area contributed by atoms with Crippen LogP contribution in [0.2, 0.25) is 5.02 Å². The van der Waals surface area contributed by atoms with Crippen molar-refractivity contribution in [1.29, 1.82) is 0 Å². The summed E-state index contributed by atoms with van der Waals surface area (Å²) in [6.07, 6.45) is 0.714. The molecule has 0 fully saturated rings. The predicted octanol–water partition coefficient (Wildman–Crippen LogP) is 5.61. The molecule has 0 bridgehead atoms. The van der Waals surface area contributed by atoms with Gasteiger partial charge in [0.05, 0.1) is 23.7 Å². The first-order valence-corrected chi connectivity index (χ1v) is 9.97. The van der Waals surface area contributed by atoms with Gasteiger partial charge in [-0.2, -0.15) is 0 Å². The Balaban J connectivity index is 1.81. The Bertz CT molecular complexity index is 1250. The lowest BCUT2D eigenvalue weighted by atomic mass is 10.0. The fourth-order valence-electron chi connectivity index (χ4n) is 3.66. The number of aromatic nitrogens is 2. The van der Waals surface area contributed by atoms with Crippen molar-refractivity contribution in [3.05, 3.63) is 82.4 Å². The van der Waals surface area contributed by atoms with Gasteiger partial charge in [0.2, 0.25) is 0 Å². The maximum Gasteiger partial charge on any atom is 0.335 e. The summed E-state index contributed by atoms with van der Waals surface area (Å²) in [7, 11) is 1.63. The molecule has 0 aliphatic heterocycles. The number of fused-ring (bicyclic) bond motifs is 1. The minimum atomic E-state index is -0.954. The second-order valence-electron chi connectivity index (χ2n) is 7.12. The highest BCUT2D eigenvalue weighted by Gasteiger charge is 2.17. The lowest BCUT2D eigenvalue weighted by Crippen LogP contribution is -2.06. The highest BCUT2D eigenvalue weighted by Crippen LogP contribution is 2.30.